The highest BCUT2D eigenvalue weighted by Crippen LogP contribution is 2.36. The van der Waals surface area contributed by atoms with Crippen molar-refractivity contribution in [2.75, 3.05) is 13.2 Å². The lowest BCUT2D eigenvalue weighted by atomic mass is 9.82. The molecule has 0 spiro atoms. The summed E-state index contributed by atoms with van der Waals surface area (Å²) >= 11 is 0. The molecule has 6 heteroatoms. The topological polar surface area (TPSA) is 88.4 Å². The molecule has 23 heavy (non-hydrogen) atoms. The Kier molecular flexibility index (Phi) is 5.78. The van der Waals surface area contributed by atoms with Crippen LogP contribution in [-0.4, -0.2) is 52.8 Å². The minimum atomic E-state index is -1.19. The fourth-order valence-electron chi connectivity index (χ4n) is 2.67. The third-order valence-electron chi connectivity index (χ3n) is 4.09. The van der Waals surface area contributed by atoms with Gasteiger partial charge >= 0.3 is 0 Å². The van der Waals surface area contributed by atoms with E-state index in [-0.39, 0.29) is 19.8 Å². The predicted octanol–water partition coefficient (Wildman–Crippen LogP) is 1.03. The first-order valence-corrected chi connectivity index (χ1v) is 7.72. The van der Waals surface area contributed by atoms with Gasteiger partial charge in [-0.25, -0.2) is 0 Å². The Hall–Kier alpha value is -1.02. The summed E-state index contributed by atoms with van der Waals surface area (Å²) in [5, 5.41) is 29.6. The number of aliphatic hydroxyl groups is 3. The van der Waals surface area contributed by atoms with Crippen LogP contribution in [0.4, 0.5) is 0 Å². The van der Waals surface area contributed by atoms with Gasteiger partial charge in [0.1, 0.15) is 6.10 Å². The predicted molar refractivity (Wildman–Crippen MR) is 83.3 cm³/mol. The molecule has 0 amide bonds. The van der Waals surface area contributed by atoms with Crippen molar-refractivity contribution in [2.24, 2.45) is 5.41 Å². The Morgan fingerprint density at radius 2 is 1.78 bits per heavy atom. The van der Waals surface area contributed by atoms with Crippen LogP contribution in [0.15, 0.2) is 30.3 Å². The standard InChI is InChI=1S/C17H26O6/c1-16(2)22-13(15(20)23-16)14(17(3,10-18)11-19)21-9-12-7-5-4-6-8-12/h4-8,13-15,18-20H,9-11H2,1-3H3/t13?,14?,15-/m1/s1. The SMILES string of the molecule is CC1(C)OC(C(OCc2ccccc2)C(C)(CO)CO)[C@H](O)O1. The summed E-state index contributed by atoms with van der Waals surface area (Å²) in [5.41, 5.74) is -0.0343. The van der Waals surface area contributed by atoms with Gasteiger partial charge in [-0.05, 0) is 19.4 Å². The number of rotatable bonds is 7. The monoisotopic (exact) mass is 326 g/mol. The van der Waals surface area contributed by atoms with E-state index in [1.54, 1.807) is 20.8 Å². The van der Waals surface area contributed by atoms with Crippen molar-refractivity contribution in [1.82, 2.24) is 0 Å². The molecule has 2 unspecified atom stereocenters. The van der Waals surface area contributed by atoms with E-state index in [9.17, 15) is 15.3 Å². The third kappa shape index (κ3) is 4.29. The van der Waals surface area contributed by atoms with Gasteiger partial charge in [-0.15, -0.1) is 0 Å². The van der Waals surface area contributed by atoms with Crippen molar-refractivity contribution in [3.05, 3.63) is 35.9 Å². The zero-order valence-corrected chi connectivity index (χ0v) is 13.8. The average molecular weight is 326 g/mol. The van der Waals surface area contributed by atoms with Crippen LogP contribution in [0.5, 0.6) is 0 Å². The largest absolute Gasteiger partial charge is 0.396 e. The highest BCUT2D eigenvalue weighted by atomic mass is 16.8. The zero-order valence-electron chi connectivity index (χ0n) is 13.8. The maximum atomic E-state index is 10.2. The lowest BCUT2D eigenvalue weighted by Gasteiger charge is -2.38. The van der Waals surface area contributed by atoms with E-state index in [1.807, 2.05) is 30.3 Å². The van der Waals surface area contributed by atoms with Crippen LogP contribution in [0.1, 0.15) is 26.3 Å². The van der Waals surface area contributed by atoms with Gasteiger partial charge in [-0.1, -0.05) is 37.3 Å². The van der Waals surface area contributed by atoms with Crippen molar-refractivity contribution in [2.45, 2.75) is 51.7 Å². The van der Waals surface area contributed by atoms with Crippen LogP contribution >= 0.6 is 0 Å². The molecule has 0 bridgehead atoms. The molecule has 6 nitrogen and oxygen atoms in total. The molecule has 1 aromatic carbocycles. The molecule has 1 fully saturated rings. The lowest BCUT2D eigenvalue weighted by molar-refractivity contribution is -0.185. The summed E-state index contributed by atoms with van der Waals surface area (Å²) in [7, 11) is 0. The molecule has 1 heterocycles. The van der Waals surface area contributed by atoms with E-state index < -0.39 is 29.7 Å². The second kappa shape index (κ2) is 7.25. The molecule has 1 aliphatic rings. The number of aliphatic hydroxyl groups excluding tert-OH is 3. The van der Waals surface area contributed by atoms with E-state index in [4.69, 9.17) is 14.2 Å². The summed E-state index contributed by atoms with van der Waals surface area (Å²) in [5.74, 6) is -0.954. The van der Waals surface area contributed by atoms with E-state index in [1.165, 1.54) is 0 Å². The third-order valence-corrected chi connectivity index (χ3v) is 4.09. The minimum absolute atomic E-state index is 0.272. The molecular weight excluding hydrogens is 300 g/mol. The van der Waals surface area contributed by atoms with Gasteiger partial charge < -0.3 is 29.5 Å². The average Bonchev–Trinajstić information content (AvgIpc) is 2.81. The van der Waals surface area contributed by atoms with Crippen LogP contribution in [0.3, 0.4) is 0 Å². The Labute approximate surface area is 136 Å². The summed E-state index contributed by atoms with van der Waals surface area (Å²) < 4.78 is 17.0. The number of benzene rings is 1. The molecule has 2 rings (SSSR count). The van der Waals surface area contributed by atoms with Crippen LogP contribution in [0.25, 0.3) is 0 Å². The maximum absolute atomic E-state index is 10.2. The first-order chi connectivity index (χ1) is 10.8. The molecule has 1 aromatic rings. The molecule has 1 aliphatic heterocycles. The van der Waals surface area contributed by atoms with E-state index in [0.717, 1.165) is 5.56 Å². The van der Waals surface area contributed by atoms with Crippen molar-refractivity contribution < 1.29 is 29.5 Å². The van der Waals surface area contributed by atoms with Gasteiger partial charge in [0.15, 0.2) is 12.1 Å². The van der Waals surface area contributed by atoms with Gasteiger partial charge in [0.2, 0.25) is 0 Å². The highest BCUT2D eigenvalue weighted by Gasteiger charge is 2.51. The summed E-state index contributed by atoms with van der Waals surface area (Å²) in [6.45, 7) is 4.73. The molecule has 130 valence electrons. The van der Waals surface area contributed by atoms with E-state index in [0.29, 0.717) is 0 Å². The smallest absolute Gasteiger partial charge is 0.187 e. The first-order valence-electron chi connectivity index (χ1n) is 7.72. The minimum Gasteiger partial charge on any atom is -0.396 e. The molecular formula is C17H26O6. The van der Waals surface area contributed by atoms with E-state index in [2.05, 4.69) is 0 Å². The fraction of sp³-hybridized carbons (Fsp3) is 0.647. The van der Waals surface area contributed by atoms with Crippen molar-refractivity contribution in [3.63, 3.8) is 0 Å². The Morgan fingerprint density at radius 1 is 1.17 bits per heavy atom. The Morgan fingerprint density at radius 3 is 2.26 bits per heavy atom. The molecule has 0 aliphatic carbocycles. The van der Waals surface area contributed by atoms with Crippen LogP contribution < -0.4 is 0 Å². The van der Waals surface area contributed by atoms with Crippen LogP contribution in [0.2, 0.25) is 0 Å². The quantitative estimate of drug-likeness (QED) is 0.694. The maximum Gasteiger partial charge on any atom is 0.187 e. The molecule has 3 N–H and O–H groups in total. The van der Waals surface area contributed by atoms with Crippen LogP contribution in [0, 0.1) is 5.41 Å². The highest BCUT2D eigenvalue weighted by molar-refractivity contribution is 5.13. The Balaban J connectivity index is 2.18. The Bertz CT molecular complexity index is 485. The second-order valence-corrected chi connectivity index (χ2v) is 6.68. The van der Waals surface area contributed by atoms with Crippen LogP contribution in [-0.2, 0) is 20.8 Å². The lowest BCUT2D eigenvalue weighted by Crippen LogP contribution is -2.51. The number of hydrogen-bond acceptors (Lipinski definition) is 6. The van der Waals surface area contributed by atoms with Crippen molar-refractivity contribution in [3.8, 4) is 0 Å². The summed E-state index contributed by atoms with van der Waals surface area (Å²) in [6.07, 6.45) is -2.74. The molecule has 1 saturated heterocycles. The van der Waals surface area contributed by atoms with Crippen molar-refractivity contribution >= 4 is 0 Å². The first kappa shape index (κ1) is 18.3. The van der Waals surface area contributed by atoms with Gasteiger partial charge in [0.05, 0.1) is 25.9 Å². The molecule has 0 aromatic heterocycles. The van der Waals surface area contributed by atoms with Gasteiger partial charge in [-0.3, -0.25) is 0 Å². The van der Waals surface area contributed by atoms with Gasteiger partial charge in [0, 0.05) is 5.41 Å². The number of ether oxygens (including phenoxy) is 3. The normalized spacial score (nSPS) is 25.5. The van der Waals surface area contributed by atoms with Crippen molar-refractivity contribution in [1.29, 1.82) is 0 Å². The molecule has 3 atom stereocenters. The zero-order chi connectivity index (χ0) is 17.1. The fourth-order valence-corrected chi connectivity index (χ4v) is 2.67. The van der Waals surface area contributed by atoms with Gasteiger partial charge in [-0.2, -0.15) is 0 Å². The number of hydrogen-bond donors (Lipinski definition) is 3. The molecule has 0 radical (unpaired) electrons. The summed E-state index contributed by atoms with van der Waals surface area (Å²) in [6, 6.07) is 9.54. The van der Waals surface area contributed by atoms with Gasteiger partial charge in [0.25, 0.3) is 0 Å². The van der Waals surface area contributed by atoms with E-state index >= 15 is 0 Å². The summed E-state index contributed by atoms with van der Waals surface area (Å²) in [4.78, 5) is 0. The molecule has 0 saturated carbocycles. The second-order valence-electron chi connectivity index (χ2n) is 6.68.